The van der Waals surface area contributed by atoms with E-state index in [1.807, 2.05) is 0 Å². The molecule has 2 nitrogen and oxygen atoms in total. The molecule has 0 heterocycles. The van der Waals surface area contributed by atoms with Gasteiger partial charge in [0.15, 0.2) is 6.10 Å². The third-order valence-corrected chi connectivity index (χ3v) is 2.09. The number of carbonyl (C=O) groups excluding carboxylic acids is 1. The zero-order chi connectivity index (χ0) is 12.8. The molecule has 0 amide bonds. The largest absolute Gasteiger partial charge is 0.449 e. The minimum Gasteiger partial charge on any atom is -0.449 e. The first kappa shape index (κ1) is 13.6. The highest BCUT2D eigenvalue weighted by Crippen LogP contribution is 2.30. The van der Waals surface area contributed by atoms with Gasteiger partial charge < -0.3 is 4.74 Å². The minimum atomic E-state index is -2.53. The quantitative estimate of drug-likeness (QED) is 0.614. The predicted octanol–water partition coefficient (Wildman–Crippen LogP) is 3.59. The van der Waals surface area contributed by atoms with E-state index in [0.29, 0.717) is 0 Å². The van der Waals surface area contributed by atoms with Crippen LogP contribution in [0.25, 0.3) is 0 Å². The van der Waals surface area contributed by atoms with E-state index >= 15 is 0 Å². The molecule has 0 saturated carbocycles. The van der Waals surface area contributed by atoms with Gasteiger partial charge >= 0.3 is 12.0 Å². The Labute approximate surface area is 101 Å². The minimum absolute atomic E-state index is 0.108. The van der Waals surface area contributed by atoms with E-state index in [4.69, 9.17) is 11.6 Å². The lowest BCUT2D eigenvalue weighted by atomic mass is 10.1. The van der Waals surface area contributed by atoms with Crippen molar-refractivity contribution in [3.8, 4) is 0 Å². The highest BCUT2D eigenvalue weighted by Gasteiger charge is 2.25. The van der Waals surface area contributed by atoms with Crippen LogP contribution in [0, 0.1) is 0 Å². The topological polar surface area (TPSA) is 26.3 Å². The molecular formula is C11H8ClF3O2. The molecule has 0 spiro atoms. The van der Waals surface area contributed by atoms with Crippen molar-refractivity contribution in [1.29, 1.82) is 0 Å². The Morgan fingerprint density at radius 2 is 1.82 bits per heavy atom. The lowest BCUT2D eigenvalue weighted by Crippen LogP contribution is -2.13. The van der Waals surface area contributed by atoms with Crippen LogP contribution in [0.1, 0.15) is 11.7 Å². The SMILES string of the molecule is O=C(CCl)O[C@H](C(F)=C(F)F)c1ccccc1. The summed E-state index contributed by atoms with van der Waals surface area (Å²) < 4.78 is 42.1. The van der Waals surface area contributed by atoms with Crippen molar-refractivity contribution in [3.63, 3.8) is 0 Å². The number of alkyl halides is 1. The first-order chi connectivity index (χ1) is 8.06. The first-order valence-electron chi connectivity index (χ1n) is 4.57. The van der Waals surface area contributed by atoms with Crippen LogP contribution in [-0.2, 0) is 9.53 Å². The van der Waals surface area contributed by atoms with Gasteiger partial charge in [0, 0.05) is 0 Å². The second-order valence-electron chi connectivity index (χ2n) is 3.02. The van der Waals surface area contributed by atoms with Crippen LogP contribution in [0.2, 0.25) is 0 Å². The summed E-state index contributed by atoms with van der Waals surface area (Å²) in [5.41, 5.74) is 0.108. The third kappa shape index (κ3) is 3.78. The summed E-state index contributed by atoms with van der Waals surface area (Å²) in [4.78, 5) is 10.9. The number of carbonyl (C=O) groups is 1. The van der Waals surface area contributed by atoms with Crippen LogP contribution in [-0.4, -0.2) is 11.8 Å². The Hall–Kier alpha value is -1.49. The van der Waals surface area contributed by atoms with Gasteiger partial charge in [-0.2, -0.15) is 8.78 Å². The molecule has 17 heavy (non-hydrogen) atoms. The van der Waals surface area contributed by atoms with E-state index in [2.05, 4.69) is 4.74 Å². The molecule has 0 fully saturated rings. The van der Waals surface area contributed by atoms with E-state index in [1.165, 1.54) is 24.3 Å². The van der Waals surface area contributed by atoms with Crippen LogP contribution in [0.4, 0.5) is 13.2 Å². The normalized spacial score (nSPS) is 11.8. The first-order valence-corrected chi connectivity index (χ1v) is 5.10. The maximum Gasteiger partial charge on any atom is 0.321 e. The summed E-state index contributed by atoms with van der Waals surface area (Å²) in [5.74, 6) is -3.31. The van der Waals surface area contributed by atoms with Crippen LogP contribution >= 0.6 is 11.6 Å². The van der Waals surface area contributed by atoms with Gasteiger partial charge in [0.1, 0.15) is 5.88 Å². The molecule has 0 N–H and O–H groups in total. The lowest BCUT2D eigenvalue weighted by molar-refractivity contribution is -0.145. The molecule has 6 heteroatoms. The highest BCUT2D eigenvalue weighted by atomic mass is 35.5. The van der Waals surface area contributed by atoms with Gasteiger partial charge in [-0.1, -0.05) is 30.3 Å². The van der Waals surface area contributed by atoms with Gasteiger partial charge in [-0.05, 0) is 5.56 Å². The van der Waals surface area contributed by atoms with Gasteiger partial charge in [0.05, 0.1) is 0 Å². The fourth-order valence-corrected chi connectivity index (χ4v) is 1.22. The predicted molar refractivity (Wildman–Crippen MR) is 56.3 cm³/mol. The standard InChI is InChI=1S/C11H8ClF3O2/c12-6-8(16)17-10(9(13)11(14)15)7-4-2-1-3-5-7/h1-5,10H,6H2/t10-/m0/s1. The molecule has 0 aliphatic heterocycles. The number of halogens is 4. The van der Waals surface area contributed by atoms with E-state index in [1.54, 1.807) is 6.07 Å². The Morgan fingerprint density at radius 3 is 2.29 bits per heavy atom. The fraction of sp³-hybridized carbons (Fsp3) is 0.182. The number of hydrogen-bond donors (Lipinski definition) is 0. The summed E-state index contributed by atoms with van der Waals surface area (Å²) in [6.45, 7) is 0. The molecule has 0 aromatic heterocycles. The maximum atomic E-state index is 13.2. The summed E-state index contributed by atoms with van der Waals surface area (Å²) in [6.07, 6.45) is -4.28. The van der Waals surface area contributed by atoms with Crippen molar-refractivity contribution in [2.45, 2.75) is 6.10 Å². The van der Waals surface area contributed by atoms with Crippen LogP contribution in [0.3, 0.4) is 0 Å². The molecule has 0 saturated heterocycles. The Balaban J connectivity index is 3.04. The molecular weight excluding hydrogens is 257 g/mol. The smallest absolute Gasteiger partial charge is 0.321 e. The molecule has 1 atom stereocenters. The maximum absolute atomic E-state index is 13.2. The van der Waals surface area contributed by atoms with Crippen molar-refractivity contribution < 1.29 is 22.7 Å². The summed E-state index contributed by atoms with van der Waals surface area (Å²) in [5, 5.41) is 0. The van der Waals surface area contributed by atoms with Crippen molar-refractivity contribution in [2.24, 2.45) is 0 Å². The summed E-state index contributed by atoms with van der Waals surface area (Å²) in [6, 6.07) is 7.39. The monoisotopic (exact) mass is 264 g/mol. The highest BCUT2D eigenvalue weighted by molar-refractivity contribution is 6.26. The zero-order valence-electron chi connectivity index (χ0n) is 8.50. The zero-order valence-corrected chi connectivity index (χ0v) is 9.26. The van der Waals surface area contributed by atoms with Crippen molar-refractivity contribution in [2.75, 3.05) is 5.88 Å². The molecule has 0 radical (unpaired) electrons. The molecule has 0 aliphatic rings. The average Bonchev–Trinajstić information content (AvgIpc) is 2.35. The molecule has 92 valence electrons. The average molecular weight is 265 g/mol. The lowest BCUT2D eigenvalue weighted by Gasteiger charge is -2.15. The molecule has 0 unspecified atom stereocenters. The van der Waals surface area contributed by atoms with Crippen molar-refractivity contribution in [3.05, 3.63) is 47.8 Å². The molecule has 0 aliphatic carbocycles. The van der Waals surface area contributed by atoms with Crippen LogP contribution in [0.15, 0.2) is 42.2 Å². The van der Waals surface area contributed by atoms with Gasteiger partial charge in [0.2, 0.25) is 5.83 Å². The molecule has 0 bridgehead atoms. The van der Waals surface area contributed by atoms with Gasteiger partial charge in [-0.3, -0.25) is 4.79 Å². The molecule has 1 aromatic carbocycles. The number of hydrogen-bond acceptors (Lipinski definition) is 2. The molecule has 1 rings (SSSR count). The third-order valence-electron chi connectivity index (χ3n) is 1.87. The van der Waals surface area contributed by atoms with Crippen molar-refractivity contribution in [1.82, 2.24) is 0 Å². The van der Waals surface area contributed by atoms with E-state index in [0.717, 1.165) is 0 Å². The fourth-order valence-electron chi connectivity index (χ4n) is 1.16. The van der Waals surface area contributed by atoms with Gasteiger partial charge in [-0.15, -0.1) is 11.6 Å². The number of esters is 1. The van der Waals surface area contributed by atoms with E-state index in [9.17, 15) is 18.0 Å². The Bertz CT molecular complexity index is 416. The summed E-state index contributed by atoms with van der Waals surface area (Å²) >= 11 is 5.17. The number of rotatable bonds is 4. The van der Waals surface area contributed by atoms with Crippen molar-refractivity contribution >= 4 is 17.6 Å². The van der Waals surface area contributed by atoms with E-state index in [-0.39, 0.29) is 5.56 Å². The number of ether oxygens (including phenoxy) is 1. The number of benzene rings is 1. The van der Waals surface area contributed by atoms with Gasteiger partial charge in [0.25, 0.3) is 0 Å². The van der Waals surface area contributed by atoms with Crippen LogP contribution < -0.4 is 0 Å². The Kier molecular flexibility index (Phi) is 5.03. The van der Waals surface area contributed by atoms with Gasteiger partial charge in [-0.25, -0.2) is 4.39 Å². The van der Waals surface area contributed by atoms with E-state index < -0.39 is 29.9 Å². The second kappa shape index (κ2) is 6.30. The Morgan fingerprint density at radius 1 is 1.24 bits per heavy atom. The summed E-state index contributed by atoms with van der Waals surface area (Å²) in [7, 11) is 0. The second-order valence-corrected chi connectivity index (χ2v) is 3.29. The molecule has 1 aromatic rings. The van der Waals surface area contributed by atoms with Crippen LogP contribution in [0.5, 0.6) is 0 Å².